The van der Waals surface area contributed by atoms with Gasteiger partial charge in [0.1, 0.15) is 5.72 Å². The van der Waals surface area contributed by atoms with Crippen LogP contribution in [0.3, 0.4) is 0 Å². The Morgan fingerprint density at radius 1 is 1.00 bits per heavy atom. The number of carbonyl (C=O) groups excluding carboxylic acids is 1. The Labute approximate surface area is 180 Å². The van der Waals surface area contributed by atoms with Crippen molar-refractivity contribution in [1.29, 1.82) is 0 Å². The molecule has 30 heavy (non-hydrogen) atoms. The minimum Gasteiger partial charge on any atom is -0.371 e. The molecule has 4 nitrogen and oxygen atoms in total. The van der Waals surface area contributed by atoms with Gasteiger partial charge in [0.25, 0.3) is 0 Å². The van der Waals surface area contributed by atoms with E-state index in [-0.39, 0.29) is 11.9 Å². The number of benzene rings is 2. The SMILES string of the molecule is C=CCCCC1(O)C[C@H](N(Cc2ccccc2)Cc2ccccc2)C(=O)N1CC=C. The zero-order valence-electron chi connectivity index (χ0n) is 17.6. The van der Waals surface area contributed by atoms with Crippen molar-refractivity contribution in [1.82, 2.24) is 9.80 Å². The van der Waals surface area contributed by atoms with Gasteiger partial charge in [-0.2, -0.15) is 0 Å². The van der Waals surface area contributed by atoms with E-state index in [2.05, 4.69) is 42.3 Å². The molecule has 2 aromatic rings. The molecule has 2 atom stereocenters. The minimum absolute atomic E-state index is 0.0251. The number of carbonyl (C=O) groups is 1. The number of aliphatic hydroxyl groups is 1. The molecule has 0 aliphatic carbocycles. The quantitative estimate of drug-likeness (QED) is 0.442. The van der Waals surface area contributed by atoms with E-state index >= 15 is 0 Å². The molecule has 0 saturated carbocycles. The van der Waals surface area contributed by atoms with Gasteiger partial charge >= 0.3 is 0 Å². The topological polar surface area (TPSA) is 43.8 Å². The van der Waals surface area contributed by atoms with Crippen molar-refractivity contribution in [3.05, 3.63) is 97.1 Å². The zero-order valence-corrected chi connectivity index (χ0v) is 17.6. The van der Waals surface area contributed by atoms with E-state index in [1.165, 1.54) is 0 Å². The molecule has 4 heteroatoms. The lowest BCUT2D eigenvalue weighted by Crippen LogP contribution is -2.46. The molecule has 1 amide bonds. The maximum atomic E-state index is 13.4. The van der Waals surface area contributed by atoms with Crippen molar-refractivity contribution in [2.45, 2.75) is 50.5 Å². The fourth-order valence-electron chi connectivity index (χ4n) is 4.25. The number of rotatable bonds is 11. The molecular weight excluding hydrogens is 372 g/mol. The Hall–Kier alpha value is -2.69. The predicted octanol–water partition coefficient (Wildman–Crippen LogP) is 4.52. The van der Waals surface area contributed by atoms with Gasteiger partial charge in [0.15, 0.2) is 0 Å². The molecule has 1 heterocycles. The first-order chi connectivity index (χ1) is 14.6. The molecule has 0 spiro atoms. The number of hydrogen-bond acceptors (Lipinski definition) is 3. The number of unbranched alkanes of at least 4 members (excludes halogenated alkanes) is 1. The molecule has 0 aromatic heterocycles. The van der Waals surface area contributed by atoms with Crippen LogP contribution < -0.4 is 0 Å². The summed E-state index contributed by atoms with van der Waals surface area (Å²) in [5, 5.41) is 11.4. The average Bonchev–Trinajstić information content (AvgIpc) is 3.00. The second-order valence-electron chi connectivity index (χ2n) is 8.00. The van der Waals surface area contributed by atoms with Crippen LogP contribution in [0.1, 0.15) is 36.8 Å². The lowest BCUT2D eigenvalue weighted by Gasteiger charge is -2.32. The summed E-state index contributed by atoms with van der Waals surface area (Å²) in [5.41, 5.74) is 1.15. The molecule has 0 bridgehead atoms. The number of nitrogens with zero attached hydrogens (tertiary/aromatic N) is 2. The van der Waals surface area contributed by atoms with Gasteiger partial charge in [-0.05, 0) is 30.4 Å². The highest BCUT2D eigenvalue weighted by Crippen LogP contribution is 2.36. The molecule has 0 radical (unpaired) electrons. The summed E-state index contributed by atoms with van der Waals surface area (Å²) in [6, 6.07) is 20.0. The van der Waals surface area contributed by atoms with Gasteiger partial charge in [0, 0.05) is 26.1 Å². The predicted molar refractivity (Wildman–Crippen MR) is 121 cm³/mol. The molecule has 1 aliphatic heterocycles. The number of amides is 1. The summed E-state index contributed by atoms with van der Waals surface area (Å²) in [5.74, 6) is -0.0251. The highest BCUT2D eigenvalue weighted by atomic mass is 16.3. The second-order valence-corrected chi connectivity index (χ2v) is 8.00. The third-order valence-corrected chi connectivity index (χ3v) is 5.77. The Kier molecular flexibility index (Phi) is 7.61. The molecule has 1 aliphatic rings. The molecular formula is C26H32N2O2. The summed E-state index contributed by atoms with van der Waals surface area (Å²) < 4.78 is 0. The van der Waals surface area contributed by atoms with E-state index in [9.17, 15) is 9.90 Å². The van der Waals surface area contributed by atoms with E-state index in [0.717, 1.165) is 24.0 Å². The average molecular weight is 405 g/mol. The monoisotopic (exact) mass is 404 g/mol. The summed E-state index contributed by atoms with van der Waals surface area (Å²) in [7, 11) is 0. The van der Waals surface area contributed by atoms with Gasteiger partial charge in [0.2, 0.25) is 5.91 Å². The van der Waals surface area contributed by atoms with Crippen molar-refractivity contribution in [3.8, 4) is 0 Å². The van der Waals surface area contributed by atoms with Crippen LogP contribution in [0, 0.1) is 0 Å². The fraction of sp³-hybridized carbons (Fsp3) is 0.346. The van der Waals surface area contributed by atoms with Gasteiger partial charge in [-0.15, -0.1) is 13.2 Å². The fourth-order valence-corrected chi connectivity index (χ4v) is 4.25. The Morgan fingerprint density at radius 3 is 2.07 bits per heavy atom. The minimum atomic E-state index is -1.15. The van der Waals surface area contributed by atoms with E-state index in [4.69, 9.17) is 0 Å². The van der Waals surface area contributed by atoms with Crippen LogP contribution in [0.25, 0.3) is 0 Å². The van der Waals surface area contributed by atoms with Gasteiger partial charge < -0.3 is 10.0 Å². The van der Waals surface area contributed by atoms with Gasteiger partial charge in [-0.1, -0.05) is 72.8 Å². The second kappa shape index (κ2) is 10.4. The largest absolute Gasteiger partial charge is 0.371 e. The van der Waals surface area contributed by atoms with E-state index in [1.807, 2.05) is 42.5 Å². The third-order valence-electron chi connectivity index (χ3n) is 5.77. The zero-order chi connectivity index (χ0) is 21.4. The van der Waals surface area contributed by atoms with Crippen molar-refractivity contribution in [3.63, 3.8) is 0 Å². The Balaban J connectivity index is 1.87. The maximum absolute atomic E-state index is 13.4. The summed E-state index contributed by atoms with van der Waals surface area (Å²) >= 11 is 0. The summed E-state index contributed by atoms with van der Waals surface area (Å²) in [6.07, 6.45) is 6.10. The highest BCUT2D eigenvalue weighted by Gasteiger charge is 2.50. The van der Waals surface area contributed by atoms with Crippen LogP contribution in [0.4, 0.5) is 0 Å². The van der Waals surface area contributed by atoms with Crippen molar-refractivity contribution in [2.24, 2.45) is 0 Å². The maximum Gasteiger partial charge on any atom is 0.242 e. The molecule has 1 fully saturated rings. The van der Waals surface area contributed by atoms with Crippen molar-refractivity contribution < 1.29 is 9.90 Å². The standard InChI is InChI=1S/C26H32N2O2/c1-3-5-12-17-26(30)19-24(25(29)28(26)18-4-2)27(20-22-13-8-6-9-14-22)21-23-15-10-7-11-16-23/h3-4,6-11,13-16,24,30H,1-2,5,12,17-21H2/t24-,26?/m0/s1. The lowest BCUT2D eigenvalue weighted by atomic mass is 9.99. The first kappa shape index (κ1) is 22.0. The van der Waals surface area contributed by atoms with E-state index in [0.29, 0.717) is 32.5 Å². The Morgan fingerprint density at radius 2 is 1.57 bits per heavy atom. The van der Waals surface area contributed by atoms with E-state index in [1.54, 1.807) is 11.0 Å². The molecule has 158 valence electrons. The number of likely N-dealkylation sites (tertiary alicyclic amines) is 1. The molecule has 1 unspecified atom stereocenters. The number of hydrogen-bond donors (Lipinski definition) is 1. The normalized spacial score (nSPS) is 21.2. The highest BCUT2D eigenvalue weighted by molar-refractivity contribution is 5.85. The summed E-state index contributed by atoms with van der Waals surface area (Å²) in [4.78, 5) is 17.2. The number of allylic oxidation sites excluding steroid dienone is 1. The van der Waals surface area contributed by atoms with Gasteiger partial charge in [-0.25, -0.2) is 0 Å². The van der Waals surface area contributed by atoms with E-state index < -0.39 is 5.72 Å². The van der Waals surface area contributed by atoms with Crippen molar-refractivity contribution >= 4 is 5.91 Å². The molecule has 3 rings (SSSR count). The van der Waals surface area contributed by atoms with Crippen LogP contribution in [-0.4, -0.2) is 39.1 Å². The van der Waals surface area contributed by atoms with Crippen LogP contribution in [0.5, 0.6) is 0 Å². The van der Waals surface area contributed by atoms with Crippen LogP contribution >= 0.6 is 0 Å². The molecule has 1 saturated heterocycles. The van der Waals surface area contributed by atoms with Crippen LogP contribution in [-0.2, 0) is 17.9 Å². The van der Waals surface area contributed by atoms with Crippen molar-refractivity contribution in [2.75, 3.05) is 6.54 Å². The molecule has 1 N–H and O–H groups in total. The summed E-state index contributed by atoms with van der Waals surface area (Å²) in [6.45, 7) is 9.21. The lowest BCUT2D eigenvalue weighted by molar-refractivity contribution is -0.146. The first-order valence-electron chi connectivity index (χ1n) is 10.6. The van der Waals surface area contributed by atoms with Gasteiger partial charge in [-0.3, -0.25) is 9.69 Å². The van der Waals surface area contributed by atoms with Crippen LogP contribution in [0.15, 0.2) is 86.0 Å². The first-order valence-corrected chi connectivity index (χ1v) is 10.6. The third kappa shape index (κ3) is 5.26. The Bertz CT molecular complexity index is 795. The smallest absolute Gasteiger partial charge is 0.242 e. The molecule has 2 aromatic carbocycles. The van der Waals surface area contributed by atoms with Crippen LogP contribution in [0.2, 0.25) is 0 Å². The van der Waals surface area contributed by atoms with Gasteiger partial charge in [0.05, 0.1) is 6.04 Å².